The van der Waals surface area contributed by atoms with Gasteiger partial charge in [-0.05, 0) is 18.9 Å². The maximum absolute atomic E-state index is 11.0. The summed E-state index contributed by atoms with van der Waals surface area (Å²) in [7, 11) is 0. The van der Waals surface area contributed by atoms with Gasteiger partial charge in [0.25, 0.3) is 0 Å². The number of hydrogen-bond donors (Lipinski definition) is 2. The van der Waals surface area contributed by atoms with Crippen LogP contribution in [0.4, 0.5) is 0 Å². The minimum absolute atomic E-state index is 0.0987. The first-order chi connectivity index (χ1) is 5.20. The second-order valence-corrected chi connectivity index (χ2v) is 3.76. The van der Waals surface area contributed by atoms with Crippen LogP contribution >= 0.6 is 24.4 Å². The molecule has 0 heterocycles. The van der Waals surface area contributed by atoms with Gasteiger partial charge in [0.1, 0.15) is 0 Å². The lowest BCUT2D eigenvalue weighted by Crippen LogP contribution is -2.34. The van der Waals surface area contributed by atoms with E-state index in [0.29, 0.717) is 12.2 Å². The topological polar surface area (TPSA) is 29.1 Å². The van der Waals surface area contributed by atoms with Gasteiger partial charge in [0.15, 0.2) is 0 Å². The van der Waals surface area contributed by atoms with Gasteiger partial charge < -0.3 is 5.32 Å². The van der Waals surface area contributed by atoms with Crippen LogP contribution in [0.5, 0.6) is 0 Å². The van der Waals surface area contributed by atoms with Crippen LogP contribution in [0.3, 0.4) is 0 Å². The van der Waals surface area contributed by atoms with Crippen LogP contribution in [-0.4, -0.2) is 29.7 Å². The minimum Gasteiger partial charge on any atom is -0.353 e. The van der Waals surface area contributed by atoms with Crippen LogP contribution in [0.2, 0.25) is 0 Å². The number of carbonyl (C=O) groups is 1. The van der Waals surface area contributed by atoms with Crippen molar-refractivity contribution < 1.29 is 4.79 Å². The van der Waals surface area contributed by atoms with Gasteiger partial charge >= 0.3 is 0 Å². The van der Waals surface area contributed by atoms with Gasteiger partial charge in [-0.3, -0.25) is 4.79 Å². The molecule has 0 spiro atoms. The van der Waals surface area contributed by atoms with Gasteiger partial charge in [-0.15, -0.1) is 0 Å². The van der Waals surface area contributed by atoms with Crippen molar-refractivity contribution in [2.24, 2.45) is 0 Å². The molecule has 0 aliphatic heterocycles. The Morgan fingerprint density at radius 2 is 2.36 bits per heavy atom. The van der Waals surface area contributed by atoms with Crippen molar-refractivity contribution in [2.45, 2.75) is 19.4 Å². The van der Waals surface area contributed by atoms with Crippen molar-refractivity contribution in [1.82, 2.24) is 5.32 Å². The molecule has 0 saturated heterocycles. The van der Waals surface area contributed by atoms with E-state index in [1.165, 1.54) is 0 Å². The highest BCUT2D eigenvalue weighted by molar-refractivity contribution is 7.98. The van der Waals surface area contributed by atoms with E-state index in [1.54, 1.807) is 11.8 Å². The Bertz CT molecular complexity index is 119. The van der Waals surface area contributed by atoms with Crippen molar-refractivity contribution >= 4 is 30.3 Å². The third kappa shape index (κ3) is 6.56. The summed E-state index contributed by atoms with van der Waals surface area (Å²) in [5.74, 6) is 1.69. The lowest BCUT2D eigenvalue weighted by molar-refractivity contribution is -0.121. The maximum atomic E-state index is 11.0. The van der Waals surface area contributed by atoms with Crippen LogP contribution in [0.15, 0.2) is 0 Å². The van der Waals surface area contributed by atoms with E-state index < -0.39 is 0 Å². The lowest BCUT2D eigenvalue weighted by atomic mass is 10.3. The summed E-state index contributed by atoms with van der Waals surface area (Å²) in [5, 5.41) is 2.87. The van der Waals surface area contributed by atoms with E-state index >= 15 is 0 Å². The summed E-state index contributed by atoms with van der Waals surface area (Å²) in [6.45, 7) is 2.01. The summed E-state index contributed by atoms with van der Waals surface area (Å²) < 4.78 is 0. The predicted molar refractivity (Wildman–Crippen MR) is 54.5 cm³/mol. The molecule has 1 N–H and O–H groups in total. The van der Waals surface area contributed by atoms with Crippen molar-refractivity contribution in [2.75, 3.05) is 17.8 Å². The monoisotopic (exact) mass is 193 g/mol. The molecule has 0 aliphatic rings. The number of amides is 1. The summed E-state index contributed by atoms with van der Waals surface area (Å²) in [4.78, 5) is 11.0. The Kier molecular flexibility index (Phi) is 6.96. The molecule has 1 unspecified atom stereocenters. The molecule has 66 valence electrons. The largest absolute Gasteiger partial charge is 0.353 e. The zero-order valence-electron chi connectivity index (χ0n) is 6.96. The van der Waals surface area contributed by atoms with E-state index in [2.05, 4.69) is 17.9 Å². The number of thioether (sulfide) groups is 1. The molecule has 11 heavy (non-hydrogen) atoms. The summed E-state index contributed by atoms with van der Waals surface area (Å²) in [6, 6.07) is 0.275. The molecule has 4 heteroatoms. The number of thiol groups is 1. The highest BCUT2D eigenvalue weighted by Gasteiger charge is 2.04. The fourth-order valence-corrected chi connectivity index (χ4v) is 1.53. The fourth-order valence-electron chi connectivity index (χ4n) is 0.740. The molecule has 2 nitrogen and oxygen atoms in total. The van der Waals surface area contributed by atoms with Gasteiger partial charge in [0.05, 0.1) is 0 Å². The van der Waals surface area contributed by atoms with E-state index in [0.717, 1.165) is 5.75 Å². The number of rotatable bonds is 5. The molecule has 1 atom stereocenters. The molecule has 0 radical (unpaired) electrons. The zero-order valence-corrected chi connectivity index (χ0v) is 8.67. The molecule has 0 fully saturated rings. The number of hydrogen-bond acceptors (Lipinski definition) is 3. The Balaban J connectivity index is 3.40. The van der Waals surface area contributed by atoms with Crippen LogP contribution in [0.1, 0.15) is 13.3 Å². The third-order valence-corrected chi connectivity index (χ3v) is 2.22. The second-order valence-electron chi connectivity index (χ2n) is 2.40. The quantitative estimate of drug-likeness (QED) is 0.642. The first-order valence-electron chi connectivity index (χ1n) is 3.60. The number of carbonyl (C=O) groups excluding carboxylic acids is 1. The first kappa shape index (κ1) is 11.2. The van der Waals surface area contributed by atoms with Crippen LogP contribution in [0.25, 0.3) is 0 Å². The molecule has 1 amide bonds. The van der Waals surface area contributed by atoms with Crippen molar-refractivity contribution in [1.29, 1.82) is 0 Å². The van der Waals surface area contributed by atoms with Gasteiger partial charge in [0, 0.05) is 18.2 Å². The standard InChI is InChI=1S/C7H15NOS2/c1-6(5-11-2)8-7(9)3-4-10/h6,10H,3-5H2,1-2H3,(H,8,9). The summed E-state index contributed by atoms with van der Waals surface area (Å²) in [6.07, 6.45) is 2.54. The minimum atomic E-state index is 0.0987. The first-order valence-corrected chi connectivity index (χ1v) is 5.62. The number of nitrogens with one attached hydrogen (secondary N) is 1. The van der Waals surface area contributed by atoms with E-state index in [1.807, 2.05) is 13.2 Å². The van der Waals surface area contributed by atoms with Gasteiger partial charge in [-0.1, -0.05) is 0 Å². The van der Waals surface area contributed by atoms with E-state index in [-0.39, 0.29) is 11.9 Å². The van der Waals surface area contributed by atoms with Crippen LogP contribution in [-0.2, 0) is 4.79 Å². The normalized spacial score (nSPS) is 12.6. The highest BCUT2D eigenvalue weighted by Crippen LogP contribution is 1.96. The highest BCUT2D eigenvalue weighted by atomic mass is 32.2. The Labute approximate surface area is 77.9 Å². The molecule has 0 saturated carbocycles. The smallest absolute Gasteiger partial charge is 0.221 e. The predicted octanol–water partition coefficient (Wildman–Crippen LogP) is 1.17. The molecule has 0 aromatic carbocycles. The van der Waals surface area contributed by atoms with Crippen LogP contribution in [0, 0.1) is 0 Å². The zero-order chi connectivity index (χ0) is 8.69. The molecule has 0 bridgehead atoms. The third-order valence-electron chi connectivity index (χ3n) is 1.16. The second kappa shape index (κ2) is 6.85. The summed E-state index contributed by atoms with van der Waals surface area (Å²) >= 11 is 5.70. The molecule has 0 aromatic heterocycles. The van der Waals surface area contributed by atoms with Gasteiger partial charge in [-0.25, -0.2) is 0 Å². The maximum Gasteiger partial charge on any atom is 0.221 e. The molecular formula is C7H15NOS2. The lowest BCUT2D eigenvalue weighted by Gasteiger charge is -2.11. The average Bonchev–Trinajstić information content (AvgIpc) is 1.87. The molecule has 0 rings (SSSR count). The van der Waals surface area contributed by atoms with Crippen molar-refractivity contribution in [3.8, 4) is 0 Å². The Morgan fingerprint density at radius 3 is 2.82 bits per heavy atom. The SMILES string of the molecule is CSCC(C)NC(=O)CCS. The Hall–Kier alpha value is 0.170. The molecule has 0 aliphatic carbocycles. The Morgan fingerprint density at radius 1 is 1.73 bits per heavy atom. The molecular weight excluding hydrogens is 178 g/mol. The fraction of sp³-hybridized carbons (Fsp3) is 0.857. The van der Waals surface area contributed by atoms with Gasteiger partial charge in [0.2, 0.25) is 5.91 Å². The van der Waals surface area contributed by atoms with Crippen molar-refractivity contribution in [3.63, 3.8) is 0 Å². The van der Waals surface area contributed by atoms with E-state index in [9.17, 15) is 4.79 Å². The van der Waals surface area contributed by atoms with Crippen molar-refractivity contribution in [3.05, 3.63) is 0 Å². The van der Waals surface area contributed by atoms with E-state index in [4.69, 9.17) is 0 Å². The van der Waals surface area contributed by atoms with Crippen LogP contribution < -0.4 is 5.32 Å². The molecule has 0 aromatic rings. The van der Waals surface area contributed by atoms with Gasteiger partial charge in [-0.2, -0.15) is 24.4 Å². The average molecular weight is 193 g/mol. The summed E-state index contributed by atoms with van der Waals surface area (Å²) in [5.41, 5.74) is 0.